The summed E-state index contributed by atoms with van der Waals surface area (Å²) in [4.78, 5) is 12.2. The predicted octanol–water partition coefficient (Wildman–Crippen LogP) is 3.41. The maximum Gasteiger partial charge on any atom is 0.261 e. The quantitative estimate of drug-likeness (QED) is 0.924. The number of halogens is 1. The van der Waals surface area contributed by atoms with Crippen LogP contribution < -0.4 is 10.1 Å². The molecule has 3 nitrogen and oxygen atoms in total. The van der Waals surface area contributed by atoms with Crippen LogP contribution in [0.5, 0.6) is 5.75 Å². The lowest BCUT2D eigenvalue weighted by Gasteiger charge is -2.25. The lowest BCUT2D eigenvalue weighted by atomic mass is 9.95. The van der Waals surface area contributed by atoms with Crippen LogP contribution in [0.4, 0.5) is 0 Å². The molecule has 1 N–H and O–H groups in total. The first kappa shape index (κ1) is 13.7. The standard InChI is InChI=1S/C16H20ClNO2/c1-10(20-15-5-3-2-4-13(15)17)16(19)18-14-9-11-6-7-12(14)8-11/h2-5,10-12,14H,6-9H2,1H3,(H,18,19)/t10-,11+,12+,14+/m0/s1. The number of hydrogen-bond acceptors (Lipinski definition) is 2. The number of nitrogens with one attached hydrogen (secondary N) is 1. The van der Waals surface area contributed by atoms with Gasteiger partial charge in [-0.2, -0.15) is 0 Å². The van der Waals surface area contributed by atoms with Crippen molar-refractivity contribution in [1.29, 1.82) is 0 Å². The summed E-state index contributed by atoms with van der Waals surface area (Å²) in [5.74, 6) is 2.02. The molecule has 4 atom stereocenters. The first-order valence-electron chi connectivity index (χ1n) is 7.35. The van der Waals surface area contributed by atoms with E-state index in [1.165, 1.54) is 19.3 Å². The molecule has 0 heterocycles. The molecule has 2 fully saturated rings. The van der Waals surface area contributed by atoms with Gasteiger partial charge < -0.3 is 10.1 Å². The molecular formula is C16H20ClNO2. The molecule has 0 saturated heterocycles. The van der Waals surface area contributed by atoms with Crippen LogP contribution in [0.15, 0.2) is 24.3 Å². The van der Waals surface area contributed by atoms with Gasteiger partial charge >= 0.3 is 0 Å². The second-order valence-electron chi connectivity index (χ2n) is 5.98. The summed E-state index contributed by atoms with van der Waals surface area (Å²) in [6.45, 7) is 1.77. The van der Waals surface area contributed by atoms with E-state index in [2.05, 4.69) is 5.32 Å². The summed E-state index contributed by atoms with van der Waals surface area (Å²) in [6.07, 6.45) is 4.49. The van der Waals surface area contributed by atoms with Crippen molar-refractivity contribution < 1.29 is 9.53 Å². The molecule has 0 radical (unpaired) electrons. The molecular weight excluding hydrogens is 274 g/mol. The first-order chi connectivity index (χ1) is 9.63. The topological polar surface area (TPSA) is 38.3 Å². The fourth-order valence-electron chi connectivity index (χ4n) is 3.51. The number of amides is 1. The number of carbonyl (C=O) groups is 1. The van der Waals surface area contributed by atoms with E-state index < -0.39 is 6.10 Å². The third-order valence-corrected chi connectivity index (χ3v) is 4.89. The van der Waals surface area contributed by atoms with Crippen molar-refractivity contribution in [2.24, 2.45) is 11.8 Å². The van der Waals surface area contributed by atoms with Gasteiger partial charge in [-0.25, -0.2) is 0 Å². The minimum absolute atomic E-state index is 0.0394. The van der Waals surface area contributed by atoms with E-state index in [0.717, 1.165) is 12.3 Å². The number of fused-ring (bicyclic) bond motifs is 2. The Hall–Kier alpha value is -1.22. The smallest absolute Gasteiger partial charge is 0.261 e. The number of carbonyl (C=O) groups excluding carboxylic acids is 1. The number of ether oxygens (including phenoxy) is 1. The van der Waals surface area contributed by atoms with Crippen LogP contribution >= 0.6 is 11.6 Å². The van der Waals surface area contributed by atoms with E-state index in [4.69, 9.17) is 16.3 Å². The van der Waals surface area contributed by atoms with Crippen molar-refractivity contribution in [2.75, 3.05) is 0 Å². The van der Waals surface area contributed by atoms with Gasteiger partial charge in [0, 0.05) is 6.04 Å². The normalized spacial score (nSPS) is 29.2. The Kier molecular flexibility index (Phi) is 3.88. The third-order valence-electron chi connectivity index (χ3n) is 4.58. The monoisotopic (exact) mass is 293 g/mol. The highest BCUT2D eigenvalue weighted by atomic mass is 35.5. The largest absolute Gasteiger partial charge is 0.479 e. The molecule has 2 aliphatic rings. The predicted molar refractivity (Wildman–Crippen MR) is 78.9 cm³/mol. The first-order valence-corrected chi connectivity index (χ1v) is 7.73. The molecule has 3 rings (SSSR count). The van der Waals surface area contributed by atoms with E-state index in [-0.39, 0.29) is 5.91 Å². The van der Waals surface area contributed by atoms with Crippen LogP contribution in [0.2, 0.25) is 5.02 Å². The minimum atomic E-state index is -0.519. The van der Waals surface area contributed by atoms with Crippen molar-refractivity contribution in [3.8, 4) is 5.75 Å². The van der Waals surface area contributed by atoms with E-state index in [9.17, 15) is 4.79 Å². The van der Waals surface area contributed by atoms with Crippen molar-refractivity contribution in [3.63, 3.8) is 0 Å². The van der Waals surface area contributed by atoms with E-state index in [1.807, 2.05) is 12.1 Å². The second kappa shape index (κ2) is 5.65. The van der Waals surface area contributed by atoms with E-state index >= 15 is 0 Å². The fourth-order valence-corrected chi connectivity index (χ4v) is 3.69. The van der Waals surface area contributed by atoms with Gasteiger partial charge in [0.05, 0.1) is 5.02 Å². The zero-order chi connectivity index (χ0) is 14.1. The van der Waals surface area contributed by atoms with Gasteiger partial charge in [-0.05, 0) is 50.2 Å². The second-order valence-corrected chi connectivity index (χ2v) is 6.39. The summed E-state index contributed by atoms with van der Waals surface area (Å²) >= 11 is 6.04. The molecule has 2 bridgehead atoms. The van der Waals surface area contributed by atoms with Gasteiger partial charge in [-0.15, -0.1) is 0 Å². The average molecular weight is 294 g/mol. The van der Waals surface area contributed by atoms with Crippen molar-refractivity contribution >= 4 is 17.5 Å². The van der Waals surface area contributed by atoms with E-state index in [1.54, 1.807) is 19.1 Å². The highest BCUT2D eigenvalue weighted by Gasteiger charge is 2.40. The van der Waals surface area contributed by atoms with E-state index in [0.29, 0.717) is 22.7 Å². The van der Waals surface area contributed by atoms with Gasteiger partial charge in [-0.3, -0.25) is 4.79 Å². The molecule has 0 unspecified atom stereocenters. The van der Waals surface area contributed by atoms with Crippen LogP contribution in [-0.2, 0) is 4.79 Å². The molecule has 0 spiro atoms. The number of hydrogen-bond donors (Lipinski definition) is 1. The summed E-state index contributed by atoms with van der Waals surface area (Å²) < 4.78 is 5.65. The van der Waals surface area contributed by atoms with Crippen molar-refractivity contribution in [2.45, 2.75) is 44.8 Å². The molecule has 108 valence electrons. The Labute approximate surface area is 124 Å². The van der Waals surface area contributed by atoms with Gasteiger partial charge in [-0.1, -0.05) is 30.2 Å². The minimum Gasteiger partial charge on any atom is -0.479 e. The highest BCUT2D eigenvalue weighted by Crippen LogP contribution is 2.44. The lowest BCUT2D eigenvalue weighted by molar-refractivity contribution is -0.128. The van der Waals surface area contributed by atoms with Crippen LogP contribution in [0.1, 0.15) is 32.6 Å². The van der Waals surface area contributed by atoms with Gasteiger partial charge in [0.2, 0.25) is 0 Å². The third kappa shape index (κ3) is 2.78. The van der Waals surface area contributed by atoms with Gasteiger partial charge in [0.25, 0.3) is 5.91 Å². The average Bonchev–Trinajstić information content (AvgIpc) is 3.03. The number of para-hydroxylation sites is 1. The Bertz CT molecular complexity index is 505. The van der Waals surface area contributed by atoms with Gasteiger partial charge in [0.1, 0.15) is 5.75 Å². The number of benzene rings is 1. The molecule has 2 saturated carbocycles. The molecule has 0 aromatic heterocycles. The molecule has 1 amide bonds. The van der Waals surface area contributed by atoms with Gasteiger partial charge in [0.15, 0.2) is 6.10 Å². The zero-order valence-corrected chi connectivity index (χ0v) is 12.4. The Morgan fingerprint density at radius 3 is 2.80 bits per heavy atom. The van der Waals surface area contributed by atoms with Crippen molar-refractivity contribution in [1.82, 2.24) is 5.32 Å². The van der Waals surface area contributed by atoms with Crippen LogP contribution in [-0.4, -0.2) is 18.1 Å². The molecule has 2 aliphatic carbocycles. The molecule has 4 heteroatoms. The summed E-state index contributed by atoms with van der Waals surface area (Å²) in [5.41, 5.74) is 0. The fraction of sp³-hybridized carbons (Fsp3) is 0.562. The Morgan fingerprint density at radius 2 is 2.15 bits per heavy atom. The summed E-state index contributed by atoms with van der Waals surface area (Å²) in [5, 5.41) is 3.68. The lowest BCUT2D eigenvalue weighted by Crippen LogP contribution is -2.44. The summed E-state index contributed by atoms with van der Waals surface area (Å²) in [6, 6.07) is 7.58. The molecule has 0 aliphatic heterocycles. The van der Waals surface area contributed by atoms with Crippen LogP contribution in [0.3, 0.4) is 0 Å². The maximum absolute atomic E-state index is 12.2. The number of rotatable bonds is 4. The molecule has 1 aromatic rings. The van der Waals surface area contributed by atoms with Crippen LogP contribution in [0, 0.1) is 11.8 Å². The maximum atomic E-state index is 12.2. The SMILES string of the molecule is C[C@H](Oc1ccccc1Cl)C(=O)N[C@@H]1C[C@@H]2CC[C@@H]1C2. The zero-order valence-electron chi connectivity index (χ0n) is 11.6. The Balaban J connectivity index is 1.56. The Morgan fingerprint density at radius 1 is 1.35 bits per heavy atom. The van der Waals surface area contributed by atoms with Crippen molar-refractivity contribution in [3.05, 3.63) is 29.3 Å². The summed E-state index contributed by atoms with van der Waals surface area (Å²) in [7, 11) is 0. The molecule has 1 aromatic carbocycles. The van der Waals surface area contributed by atoms with Crippen LogP contribution in [0.25, 0.3) is 0 Å². The molecule has 20 heavy (non-hydrogen) atoms. The highest BCUT2D eigenvalue weighted by molar-refractivity contribution is 6.32.